The van der Waals surface area contributed by atoms with Crippen LogP contribution in [0.5, 0.6) is 0 Å². The van der Waals surface area contributed by atoms with Crippen LogP contribution in [0.3, 0.4) is 0 Å². The molecule has 0 aromatic carbocycles. The zero-order chi connectivity index (χ0) is 14.5. The number of nitrogens with one attached hydrogen (secondary N) is 1. The molecule has 2 rings (SSSR count). The van der Waals surface area contributed by atoms with Crippen LogP contribution in [-0.4, -0.2) is 22.4 Å². The number of rotatable bonds is 7. The van der Waals surface area contributed by atoms with Crippen LogP contribution >= 0.6 is 15.9 Å². The second-order valence-electron chi connectivity index (χ2n) is 6.01. The van der Waals surface area contributed by atoms with E-state index in [1.165, 1.54) is 42.3 Å². The first-order chi connectivity index (χ1) is 9.65. The van der Waals surface area contributed by atoms with Gasteiger partial charge in [0.25, 0.3) is 0 Å². The van der Waals surface area contributed by atoms with E-state index in [-0.39, 0.29) is 0 Å². The number of hydrogen-bond donors (Lipinski definition) is 1. The Morgan fingerprint density at radius 3 is 2.65 bits per heavy atom. The van der Waals surface area contributed by atoms with E-state index in [9.17, 15) is 0 Å². The van der Waals surface area contributed by atoms with E-state index in [2.05, 4.69) is 51.8 Å². The van der Waals surface area contributed by atoms with E-state index < -0.39 is 0 Å². The van der Waals surface area contributed by atoms with Gasteiger partial charge >= 0.3 is 0 Å². The molecule has 4 heteroatoms. The summed E-state index contributed by atoms with van der Waals surface area (Å²) in [6, 6.07) is 0.584. The van der Waals surface area contributed by atoms with Crippen LogP contribution in [0.4, 0.5) is 0 Å². The molecule has 1 aromatic heterocycles. The average molecular weight is 342 g/mol. The Balaban J connectivity index is 2.06. The van der Waals surface area contributed by atoms with Crippen molar-refractivity contribution in [3.05, 3.63) is 15.9 Å². The van der Waals surface area contributed by atoms with Crippen molar-refractivity contribution < 1.29 is 0 Å². The van der Waals surface area contributed by atoms with Gasteiger partial charge in [0.15, 0.2) is 0 Å². The van der Waals surface area contributed by atoms with Crippen molar-refractivity contribution in [3.63, 3.8) is 0 Å². The fourth-order valence-corrected chi connectivity index (χ4v) is 3.92. The van der Waals surface area contributed by atoms with Gasteiger partial charge in [-0.15, -0.1) is 0 Å². The van der Waals surface area contributed by atoms with Gasteiger partial charge in [0.1, 0.15) is 0 Å². The molecule has 1 aliphatic rings. The van der Waals surface area contributed by atoms with E-state index in [4.69, 9.17) is 0 Å². The second kappa shape index (κ2) is 7.60. The molecule has 0 amide bonds. The summed E-state index contributed by atoms with van der Waals surface area (Å²) >= 11 is 3.72. The molecule has 1 heterocycles. The Kier molecular flexibility index (Phi) is 6.09. The van der Waals surface area contributed by atoms with Crippen LogP contribution in [0, 0.1) is 12.8 Å². The summed E-state index contributed by atoms with van der Waals surface area (Å²) < 4.78 is 3.35. The van der Waals surface area contributed by atoms with Gasteiger partial charge in [-0.3, -0.25) is 4.68 Å². The zero-order valence-electron chi connectivity index (χ0n) is 13.1. The maximum absolute atomic E-state index is 4.62. The van der Waals surface area contributed by atoms with Gasteiger partial charge < -0.3 is 5.32 Å². The smallest absolute Gasteiger partial charge is 0.0738 e. The summed E-state index contributed by atoms with van der Waals surface area (Å²) in [5, 5.41) is 8.30. The SMILES string of the molecule is CCNC(Cc1c(Br)c(C)nn1CC)CC1CCCC1. The maximum Gasteiger partial charge on any atom is 0.0738 e. The van der Waals surface area contributed by atoms with Crippen molar-refractivity contribution >= 4 is 15.9 Å². The summed E-state index contributed by atoms with van der Waals surface area (Å²) in [7, 11) is 0. The third kappa shape index (κ3) is 3.85. The van der Waals surface area contributed by atoms with E-state index in [1.807, 2.05) is 0 Å². The maximum atomic E-state index is 4.62. The molecular formula is C16H28BrN3. The Morgan fingerprint density at radius 1 is 1.35 bits per heavy atom. The Hall–Kier alpha value is -0.350. The van der Waals surface area contributed by atoms with Crippen LogP contribution in [0.15, 0.2) is 4.47 Å². The van der Waals surface area contributed by atoms with Gasteiger partial charge in [0.05, 0.1) is 15.9 Å². The minimum absolute atomic E-state index is 0.584. The lowest BCUT2D eigenvalue weighted by atomic mass is 9.95. The summed E-state index contributed by atoms with van der Waals surface area (Å²) in [6.07, 6.45) is 8.11. The van der Waals surface area contributed by atoms with Crippen molar-refractivity contribution in [3.8, 4) is 0 Å². The molecule has 1 saturated carbocycles. The number of aromatic nitrogens is 2. The minimum atomic E-state index is 0.584. The van der Waals surface area contributed by atoms with Crippen LogP contribution in [0.25, 0.3) is 0 Å². The van der Waals surface area contributed by atoms with Crippen molar-refractivity contribution in [2.45, 2.75) is 71.9 Å². The molecule has 0 aliphatic heterocycles. The standard InChI is InChI=1S/C16H28BrN3/c1-4-18-14(10-13-8-6-7-9-13)11-15-16(17)12(3)19-20(15)5-2/h13-14,18H,4-11H2,1-3H3. The summed E-state index contributed by atoms with van der Waals surface area (Å²) in [6.45, 7) is 8.46. The molecule has 1 aliphatic carbocycles. The summed E-state index contributed by atoms with van der Waals surface area (Å²) in [5.74, 6) is 0.928. The van der Waals surface area contributed by atoms with Gasteiger partial charge in [-0.2, -0.15) is 5.10 Å². The minimum Gasteiger partial charge on any atom is -0.314 e. The number of halogens is 1. The van der Waals surface area contributed by atoms with E-state index >= 15 is 0 Å². The number of nitrogens with zero attached hydrogens (tertiary/aromatic N) is 2. The zero-order valence-corrected chi connectivity index (χ0v) is 14.7. The highest BCUT2D eigenvalue weighted by molar-refractivity contribution is 9.10. The normalized spacial score (nSPS) is 17.8. The Morgan fingerprint density at radius 2 is 2.05 bits per heavy atom. The highest BCUT2D eigenvalue weighted by Gasteiger charge is 2.22. The van der Waals surface area contributed by atoms with E-state index in [0.717, 1.165) is 31.1 Å². The lowest BCUT2D eigenvalue weighted by Gasteiger charge is -2.22. The van der Waals surface area contributed by atoms with Gasteiger partial charge in [0.2, 0.25) is 0 Å². The molecule has 1 atom stereocenters. The number of aryl methyl sites for hydroxylation is 2. The summed E-state index contributed by atoms with van der Waals surface area (Å²) in [4.78, 5) is 0. The first-order valence-electron chi connectivity index (χ1n) is 8.10. The fraction of sp³-hybridized carbons (Fsp3) is 0.812. The molecule has 20 heavy (non-hydrogen) atoms. The van der Waals surface area contributed by atoms with Crippen LogP contribution in [0.1, 0.15) is 57.3 Å². The first kappa shape index (κ1) is 16.0. The molecule has 0 radical (unpaired) electrons. The predicted molar refractivity (Wildman–Crippen MR) is 88.1 cm³/mol. The highest BCUT2D eigenvalue weighted by Crippen LogP contribution is 2.30. The number of hydrogen-bond acceptors (Lipinski definition) is 2. The molecule has 1 unspecified atom stereocenters. The molecule has 0 saturated heterocycles. The Labute approximate surface area is 131 Å². The summed E-state index contributed by atoms with van der Waals surface area (Å²) in [5.41, 5.74) is 2.46. The largest absolute Gasteiger partial charge is 0.314 e. The van der Waals surface area contributed by atoms with Gasteiger partial charge in [-0.25, -0.2) is 0 Å². The third-order valence-electron chi connectivity index (χ3n) is 4.48. The molecule has 1 aromatic rings. The molecular weight excluding hydrogens is 314 g/mol. The molecule has 1 N–H and O–H groups in total. The monoisotopic (exact) mass is 341 g/mol. The topological polar surface area (TPSA) is 29.9 Å². The molecule has 3 nitrogen and oxygen atoms in total. The van der Waals surface area contributed by atoms with Crippen molar-refractivity contribution in [2.75, 3.05) is 6.54 Å². The molecule has 0 spiro atoms. The second-order valence-corrected chi connectivity index (χ2v) is 6.80. The highest BCUT2D eigenvalue weighted by atomic mass is 79.9. The molecule has 114 valence electrons. The van der Waals surface area contributed by atoms with Crippen LogP contribution in [-0.2, 0) is 13.0 Å². The fourth-order valence-electron chi connectivity index (χ4n) is 3.47. The average Bonchev–Trinajstić information content (AvgIpc) is 3.02. The lowest BCUT2D eigenvalue weighted by molar-refractivity contribution is 0.383. The number of likely N-dealkylation sites (N-methyl/N-ethyl adjacent to an activating group) is 1. The van der Waals surface area contributed by atoms with Gasteiger partial charge in [-0.1, -0.05) is 32.6 Å². The molecule has 0 bridgehead atoms. The van der Waals surface area contributed by atoms with Gasteiger partial charge in [-0.05, 0) is 48.7 Å². The van der Waals surface area contributed by atoms with E-state index in [1.54, 1.807) is 0 Å². The van der Waals surface area contributed by atoms with Crippen molar-refractivity contribution in [1.82, 2.24) is 15.1 Å². The van der Waals surface area contributed by atoms with Crippen LogP contribution < -0.4 is 5.32 Å². The molecule has 1 fully saturated rings. The van der Waals surface area contributed by atoms with Crippen molar-refractivity contribution in [2.24, 2.45) is 5.92 Å². The van der Waals surface area contributed by atoms with Crippen LogP contribution in [0.2, 0.25) is 0 Å². The predicted octanol–water partition coefficient (Wildman–Crippen LogP) is 4.07. The lowest BCUT2D eigenvalue weighted by Crippen LogP contribution is -2.33. The first-order valence-corrected chi connectivity index (χ1v) is 8.90. The quantitative estimate of drug-likeness (QED) is 0.809. The van der Waals surface area contributed by atoms with E-state index in [0.29, 0.717) is 6.04 Å². The van der Waals surface area contributed by atoms with Crippen molar-refractivity contribution in [1.29, 1.82) is 0 Å². The Bertz CT molecular complexity index is 422. The third-order valence-corrected chi connectivity index (χ3v) is 5.51. The van der Waals surface area contributed by atoms with Gasteiger partial charge in [0, 0.05) is 19.0 Å².